The second kappa shape index (κ2) is 13.1. The van der Waals surface area contributed by atoms with Gasteiger partial charge in [-0.25, -0.2) is 18.7 Å². The molecule has 0 bridgehead atoms. The first-order valence-electron chi connectivity index (χ1n) is 13.4. The Morgan fingerprint density at radius 1 is 1.02 bits per heavy atom. The highest BCUT2D eigenvalue weighted by Gasteiger charge is 2.25. The number of rotatable bonds is 10. The van der Waals surface area contributed by atoms with Gasteiger partial charge in [-0.2, -0.15) is 0 Å². The van der Waals surface area contributed by atoms with E-state index >= 15 is 0 Å². The van der Waals surface area contributed by atoms with Gasteiger partial charge < -0.3 is 25.0 Å². The summed E-state index contributed by atoms with van der Waals surface area (Å²) in [5.41, 5.74) is 1.85. The summed E-state index contributed by atoms with van der Waals surface area (Å²) in [7, 11) is 1.57. The number of piperidine rings is 1. The molecule has 0 radical (unpaired) electrons. The van der Waals surface area contributed by atoms with Gasteiger partial charge in [0.2, 0.25) is 5.91 Å². The molecule has 0 atom stereocenters. The molecule has 214 valence electrons. The van der Waals surface area contributed by atoms with Gasteiger partial charge in [-0.05, 0) is 80.9 Å². The van der Waals surface area contributed by atoms with Crippen molar-refractivity contribution < 1.29 is 23.0 Å². The second-order valence-corrected chi connectivity index (χ2v) is 10.2. The molecule has 1 aromatic heterocycles. The van der Waals surface area contributed by atoms with Crippen LogP contribution in [-0.2, 0) is 4.79 Å². The number of methoxy groups -OCH3 is 1. The van der Waals surface area contributed by atoms with Crippen LogP contribution in [0, 0.1) is 17.6 Å². The van der Waals surface area contributed by atoms with Crippen molar-refractivity contribution in [1.82, 2.24) is 14.9 Å². The van der Waals surface area contributed by atoms with Gasteiger partial charge in [-0.1, -0.05) is 11.6 Å². The van der Waals surface area contributed by atoms with E-state index in [1.807, 2.05) is 6.07 Å². The number of fused-ring (bicyclic) bond motifs is 1. The van der Waals surface area contributed by atoms with Gasteiger partial charge in [0.15, 0.2) is 11.5 Å². The molecule has 0 spiro atoms. The molecule has 0 aliphatic carbocycles. The third-order valence-electron chi connectivity index (χ3n) is 7.05. The third-order valence-corrected chi connectivity index (χ3v) is 7.34. The smallest absolute Gasteiger partial charge is 0.227 e. The molecule has 0 unspecified atom stereocenters. The Hall–Kier alpha value is -4.02. The average molecular weight is 582 g/mol. The molecule has 3 aromatic carbocycles. The van der Waals surface area contributed by atoms with Crippen LogP contribution in [0.4, 0.5) is 26.0 Å². The number of nitrogens with one attached hydrogen (secondary N) is 2. The fourth-order valence-corrected chi connectivity index (χ4v) is 4.99. The first kappa shape index (κ1) is 28.5. The van der Waals surface area contributed by atoms with E-state index in [1.54, 1.807) is 31.4 Å². The average Bonchev–Trinajstić information content (AvgIpc) is 2.98. The molecule has 2 N–H and O–H groups in total. The quantitative estimate of drug-likeness (QED) is 0.209. The van der Waals surface area contributed by atoms with Gasteiger partial charge in [0, 0.05) is 35.3 Å². The van der Waals surface area contributed by atoms with E-state index in [2.05, 4.69) is 25.5 Å². The normalized spacial score (nSPS) is 14.1. The molecule has 2 heterocycles. The number of likely N-dealkylation sites (tertiary alicyclic amines) is 1. The number of hydrogen-bond donors (Lipinski definition) is 2. The van der Waals surface area contributed by atoms with Crippen molar-refractivity contribution in [2.75, 3.05) is 44.0 Å². The van der Waals surface area contributed by atoms with Gasteiger partial charge in [-0.3, -0.25) is 4.79 Å². The SMILES string of the molecule is COc1cc2ncnc(Nc3ccc(F)c(Cl)c3)c2cc1OCCCN1CCC(C(=O)Nc2ccc(F)cc2)CC1. The Balaban J connectivity index is 1.14. The number of benzene rings is 3. The minimum Gasteiger partial charge on any atom is -0.493 e. The molecule has 11 heteroatoms. The zero-order valence-corrected chi connectivity index (χ0v) is 23.3. The number of aromatic nitrogens is 2. The van der Waals surface area contributed by atoms with Crippen molar-refractivity contribution in [1.29, 1.82) is 0 Å². The molecular formula is C30H30ClF2N5O3. The van der Waals surface area contributed by atoms with Gasteiger partial charge in [-0.15, -0.1) is 0 Å². The van der Waals surface area contributed by atoms with Crippen molar-refractivity contribution in [2.24, 2.45) is 5.92 Å². The fraction of sp³-hybridized carbons (Fsp3) is 0.300. The molecule has 8 nitrogen and oxygen atoms in total. The lowest BCUT2D eigenvalue weighted by atomic mass is 9.95. The number of amides is 1. The fourth-order valence-electron chi connectivity index (χ4n) is 4.81. The molecule has 0 saturated carbocycles. The zero-order valence-electron chi connectivity index (χ0n) is 22.5. The minimum absolute atomic E-state index is 0.0107. The molecule has 1 aliphatic heterocycles. The Morgan fingerprint density at radius 2 is 1.78 bits per heavy atom. The van der Waals surface area contributed by atoms with E-state index in [0.29, 0.717) is 46.2 Å². The molecule has 41 heavy (non-hydrogen) atoms. The van der Waals surface area contributed by atoms with E-state index in [9.17, 15) is 13.6 Å². The molecular weight excluding hydrogens is 552 g/mol. The highest BCUT2D eigenvalue weighted by Crippen LogP contribution is 2.35. The Bertz CT molecular complexity index is 1510. The summed E-state index contributed by atoms with van der Waals surface area (Å²) in [6.45, 7) is 2.95. The lowest BCUT2D eigenvalue weighted by molar-refractivity contribution is -0.121. The first-order valence-corrected chi connectivity index (χ1v) is 13.7. The van der Waals surface area contributed by atoms with E-state index in [-0.39, 0.29) is 22.7 Å². The first-order chi connectivity index (χ1) is 19.9. The topological polar surface area (TPSA) is 88.6 Å². The van der Waals surface area contributed by atoms with Crippen LogP contribution in [0.15, 0.2) is 60.9 Å². The lowest BCUT2D eigenvalue weighted by Crippen LogP contribution is -2.38. The standard InChI is InChI=1S/C30H30ClF2N5O3/c1-40-27-17-26-23(29(35-18-34-26)36-22-7-8-25(33)24(31)15-22)16-28(27)41-14-2-11-38-12-9-19(10-13-38)30(39)37-21-5-3-20(32)4-6-21/h3-8,15-19H,2,9-14H2,1H3,(H,37,39)(H,34,35,36). The van der Waals surface area contributed by atoms with Crippen molar-refractivity contribution >= 4 is 45.6 Å². The largest absolute Gasteiger partial charge is 0.493 e. The molecule has 1 fully saturated rings. The van der Waals surface area contributed by atoms with Crippen LogP contribution in [0.5, 0.6) is 11.5 Å². The molecule has 5 rings (SSSR count). The van der Waals surface area contributed by atoms with Gasteiger partial charge in [0.25, 0.3) is 0 Å². The summed E-state index contributed by atoms with van der Waals surface area (Å²) in [4.78, 5) is 23.6. The van der Waals surface area contributed by atoms with Crippen molar-refractivity contribution in [3.05, 3.63) is 77.6 Å². The maximum absolute atomic E-state index is 13.6. The van der Waals surface area contributed by atoms with Crippen molar-refractivity contribution in [2.45, 2.75) is 19.3 Å². The summed E-state index contributed by atoms with van der Waals surface area (Å²) in [6, 6.07) is 13.8. The molecule has 1 saturated heterocycles. The minimum atomic E-state index is -0.498. The number of nitrogens with zero attached hydrogens (tertiary/aromatic N) is 3. The van der Waals surface area contributed by atoms with Crippen LogP contribution in [0.25, 0.3) is 10.9 Å². The Morgan fingerprint density at radius 3 is 2.51 bits per heavy atom. The van der Waals surface area contributed by atoms with Crippen LogP contribution < -0.4 is 20.1 Å². The molecule has 4 aromatic rings. The predicted octanol–water partition coefficient (Wildman–Crippen LogP) is 6.43. The highest BCUT2D eigenvalue weighted by atomic mass is 35.5. The van der Waals surface area contributed by atoms with Crippen LogP contribution in [0.3, 0.4) is 0 Å². The van der Waals surface area contributed by atoms with Crippen LogP contribution in [0.2, 0.25) is 5.02 Å². The monoisotopic (exact) mass is 581 g/mol. The van der Waals surface area contributed by atoms with Gasteiger partial charge in [0.1, 0.15) is 23.8 Å². The lowest BCUT2D eigenvalue weighted by Gasteiger charge is -2.31. The number of hydrogen-bond acceptors (Lipinski definition) is 7. The van der Waals surface area contributed by atoms with Crippen LogP contribution in [0.1, 0.15) is 19.3 Å². The second-order valence-electron chi connectivity index (χ2n) is 9.81. The van der Waals surface area contributed by atoms with Gasteiger partial charge >= 0.3 is 0 Å². The third kappa shape index (κ3) is 7.20. The summed E-state index contributed by atoms with van der Waals surface area (Å²) < 4.78 is 38.3. The predicted molar refractivity (Wildman–Crippen MR) is 155 cm³/mol. The maximum atomic E-state index is 13.6. The number of anilines is 3. The van der Waals surface area contributed by atoms with E-state index < -0.39 is 5.82 Å². The molecule has 1 amide bonds. The Labute approximate surface area is 241 Å². The summed E-state index contributed by atoms with van der Waals surface area (Å²) >= 11 is 5.93. The van der Waals surface area contributed by atoms with E-state index in [4.69, 9.17) is 21.1 Å². The van der Waals surface area contributed by atoms with Crippen LogP contribution in [-0.4, -0.2) is 54.1 Å². The molecule has 1 aliphatic rings. The maximum Gasteiger partial charge on any atom is 0.227 e. The number of ether oxygens (including phenoxy) is 2. The number of carbonyl (C=O) groups excluding carboxylic acids is 1. The van der Waals surface area contributed by atoms with Crippen molar-refractivity contribution in [3.8, 4) is 11.5 Å². The summed E-state index contributed by atoms with van der Waals surface area (Å²) in [5, 5.41) is 6.77. The van der Waals surface area contributed by atoms with E-state index in [1.165, 1.54) is 30.6 Å². The van der Waals surface area contributed by atoms with Gasteiger partial charge in [0.05, 0.1) is 24.3 Å². The number of carbonyl (C=O) groups is 1. The highest BCUT2D eigenvalue weighted by molar-refractivity contribution is 6.31. The van der Waals surface area contributed by atoms with Crippen LogP contribution >= 0.6 is 11.6 Å². The zero-order chi connectivity index (χ0) is 28.8. The number of halogens is 3. The van der Waals surface area contributed by atoms with Crippen molar-refractivity contribution in [3.63, 3.8) is 0 Å². The Kier molecular flexibility index (Phi) is 9.11. The van der Waals surface area contributed by atoms with E-state index in [0.717, 1.165) is 38.9 Å². The summed E-state index contributed by atoms with van der Waals surface area (Å²) in [6.07, 6.45) is 3.76. The summed E-state index contributed by atoms with van der Waals surface area (Å²) in [5.74, 6) is 0.723.